The maximum Gasteiger partial charge on any atom is 0.251 e. The number of halogens is 1. The summed E-state index contributed by atoms with van der Waals surface area (Å²) in [6, 6.07) is 9.39. The van der Waals surface area contributed by atoms with Crippen molar-refractivity contribution in [2.75, 3.05) is 26.2 Å². The number of benzene rings is 1. The Morgan fingerprint density at radius 3 is 2.52 bits per heavy atom. The molecule has 2 aliphatic rings. The fraction of sp³-hybridized carbons (Fsp3) is 0.579. The lowest BCUT2D eigenvalue weighted by Gasteiger charge is -2.38. The summed E-state index contributed by atoms with van der Waals surface area (Å²) >= 11 is 0. The summed E-state index contributed by atoms with van der Waals surface area (Å²) in [6.45, 7) is 3.23. The van der Waals surface area contributed by atoms with Crippen molar-refractivity contribution < 1.29 is 9.59 Å². The third-order valence-corrected chi connectivity index (χ3v) is 5.13. The lowest BCUT2D eigenvalue weighted by Crippen LogP contribution is -2.52. The molecule has 5 nitrogen and oxygen atoms in total. The number of hydrogen-bond donors (Lipinski definition) is 2. The van der Waals surface area contributed by atoms with E-state index in [1.54, 1.807) is 0 Å². The highest BCUT2D eigenvalue weighted by atomic mass is 35.5. The zero-order chi connectivity index (χ0) is 16.8. The van der Waals surface area contributed by atoms with Crippen molar-refractivity contribution >= 4 is 24.2 Å². The van der Waals surface area contributed by atoms with Gasteiger partial charge in [-0.25, -0.2) is 0 Å². The van der Waals surface area contributed by atoms with Crippen LogP contribution in [-0.2, 0) is 4.79 Å². The Bertz CT molecular complexity index is 561. The van der Waals surface area contributed by atoms with Crippen LogP contribution in [0, 0.1) is 5.92 Å². The first-order valence-electron chi connectivity index (χ1n) is 9.10. The van der Waals surface area contributed by atoms with Crippen LogP contribution in [0.1, 0.15) is 42.5 Å². The fourth-order valence-corrected chi connectivity index (χ4v) is 3.71. The van der Waals surface area contributed by atoms with Gasteiger partial charge in [0.1, 0.15) is 0 Å². The summed E-state index contributed by atoms with van der Waals surface area (Å²) in [6.07, 6.45) is 5.03. The molecular weight excluding hydrogens is 338 g/mol. The van der Waals surface area contributed by atoms with Crippen molar-refractivity contribution in [3.63, 3.8) is 0 Å². The second-order valence-corrected chi connectivity index (χ2v) is 6.78. The molecule has 2 saturated heterocycles. The van der Waals surface area contributed by atoms with Crippen LogP contribution in [0.2, 0.25) is 0 Å². The monoisotopic (exact) mass is 365 g/mol. The molecule has 2 fully saturated rings. The Balaban J connectivity index is 0.00000225. The highest BCUT2D eigenvalue weighted by molar-refractivity contribution is 5.94. The normalized spacial score (nSPS) is 21.3. The molecule has 0 radical (unpaired) electrons. The second-order valence-electron chi connectivity index (χ2n) is 6.78. The summed E-state index contributed by atoms with van der Waals surface area (Å²) in [5, 5.41) is 6.33. The SMILES string of the molecule is Cl.O=C(NCC1CCCCN1C(=O)C1CCNCC1)c1ccccc1. The topological polar surface area (TPSA) is 61.4 Å². The Kier molecular flexibility index (Phi) is 7.72. The van der Waals surface area contributed by atoms with Crippen molar-refractivity contribution in [1.29, 1.82) is 0 Å². The molecule has 2 N–H and O–H groups in total. The number of hydrogen-bond acceptors (Lipinski definition) is 3. The van der Waals surface area contributed by atoms with Gasteiger partial charge in [0.15, 0.2) is 0 Å². The van der Waals surface area contributed by atoms with Gasteiger partial charge in [0.2, 0.25) is 5.91 Å². The Morgan fingerprint density at radius 2 is 1.80 bits per heavy atom. The second kappa shape index (κ2) is 9.78. The molecule has 1 unspecified atom stereocenters. The zero-order valence-electron chi connectivity index (χ0n) is 14.6. The van der Waals surface area contributed by atoms with Crippen LogP contribution in [0.5, 0.6) is 0 Å². The number of likely N-dealkylation sites (tertiary alicyclic amines) is 1. The standard InChI is InChI=1S/C19H27N3O2.ClH/c23-18(15-6-2-1-3-7-15)21-14-17-8-4-5-13-22(17)19(24)16-9-11-20-12-10-16;/h1-3,6-7,16-17,20H,4-5,8-14H2,(H,21,23);1H. The molecule has 1 atom stereocenters. The van der Waals surface area contributed by atoms with Crippen LogP contribution in [0.15, 0.2) is 30.3 Å². The number of rotatable bonds is 4. The zero-order valence-corrected chi connectivity index (χ0v) is 15.4. The molecule has 1 aromatic rings. The molecule has 0 aromatic heterocycles. The molecule has 3 rings (SSSR count). The van der Waals surface area contributed by atoms with Crippen molar-refractivity contribution in [2.24, 2.45) is 5.92 Å². The van der Waals surface area contributed by atoms with Crippen LogP contribution < -0.4 is 10.6 Å². The van der Waals surface area contributed by atoms with Crippen LogP contribution >= 0.6 is 12.4 Å². The van der Waals surface area contributed by atoms with Crippen LogP contribution in [-0.4, -0.2) is 48.9 Å². The third kappa shape index (κ3) is 5.19. The predicted octanol–water partition coefficient (Wildman–Crippen LogP) is 2.22. The van der Waals surface area contributed by atoms with E-state index in [2.05, 4.69) is 10.6 Å². The molecule has 138 valence electrons. The fourth-order valence-electron chi connectivity index (χ4n) is 3.71. The summed E-state index contributed by atoms with van der Waals surface area (Å²) in [5.41, 5.74) is 0.671. The van der Waals surface area contributed by atoms with Gasteiger partial charge >= 0.3 is 0 Å². The minimum atomic E-state index is -0.0598. The quantitative estimate of drug-likeness (QED) is 0.860. The number of carbonyl (C=O) groups is 2. The molecule has 0 aliphatic carbocycles. The Labute approximate surface area is 155 Å². The molecule has 1 aromatic carbocycles. The molecule has 2 aliphatic heterocycles. The van der Waals surface area contributed by atoms with Gasteiger partial charge in [-0.2, -0.15) is 0 Å². The Hall–Kier alpha value is -1.59. The summed E-state index contributed by atoms with van der Waals surface area (Å²) < 4.78 is 0. The first-order chi connectivity index (χ1) is 11.8. The van der Waals surface area contributed by atoms with Crippen LogP contribution in [0.4, 0.5) is 0 Å². The van der Waals surface area contributed by atoms with E-state index in [-0.39, 0.29) is 36.2 Å². The maximum atomic E-state index is 12.9. The van der Waals surface area contributed by atoms with E-state index in [0.29, 0.717) is 12.1 Å². The highest BCUT2D eigenvalue weighted by Crippen LogP contribution is 2.22. The molecule has 0 bridgehead atoms. The molecule has 6 heteroatoms. The van der Waals surface area contributed by atoms with E-state index >= 15 is 0 Å². The van der Waals surface area contributed by atoms with Gasteiger partial charge in [-0.05, 0) is 57.3 Å². The number of nitrogens with zero attached hydrogens (tertiary/aromatic N) is 1. The van der Waals surface area contributed by atoms with Gasteiger partial charge in [0.05, 0.1) is 0 Å². The summed E-state index contributed by atoms with van der Waals surface area (Å²) in [4.78, 5) is 27.1. The number of carbonyl (C=O) groups excluding carboxylic acids is 2. The van der Waals surface area contributed by atoms with Gasteiger partial charge < -0.3 is 15.5 Å². The van der Waals surface area contributed by atoms with E-state index in [9.17, 15) is 9.59 Å². The minimum absolute atomic E-state index is 0. The van der Waals surface area contributed by atoms with Crippen molar-refractivity contribution in [1.82, 2.24) is 15.5 Å². The van der Waals surface area contributed by atoms with Crippen LogP contribution in [0.3, 0.4) is 0 Å². The molecule has 25 heavy (non-hydrogen) atoms. The third-order valence-electron chi connectivity index (χ3n) is 5.13. The molecule has 2 heterocycles. The molecule has 0 saturated carbocycles. The Morgan fingerprint density at radius 1 is 1.08 bits per heavy atom. The van der Waals surface area contributed by atoms with Crippen LogP contribution in [0.25, 0.3) is 0 Å². The summed E-state index contributed by atoms with van der Waals surface area (Å²) in [7, 11) is 0. The van der Waals surface area contributed by atoms with Gasteiger partial charge in [-0.3, -0.25) is 9.59 Å². The largest absolute Gasteiger partial charge is 0.350 e. The lowest BCUT2D eigenvalue weighted by atomic mass is 9.93. The average molecular weight is 366 g/mol. The number of piperidine rings is 2. The van der Waals surface area contributed by atoms with E-state index in [1.165, 1.54) is 0 Å². The molecule has 0 spiro atoms. The number of amides is 2. The lowest BCUT2D eigenvalue weighted by molar-refractivity contribution is -0.140. The van der Waals surface area contributed by atoms with Gasteiger partial charge in [-0.15, -0.1) is 12.4 Å². The van der Waals surface area contributed by atoms with Gasteiger partial charge in [0.25, 0.3) is 5.91 Å². The predicted molar refractivity (Wildman–Crippen MR) is 101 cm³/mol. The first-order valence-corrected chi connectivity index (χ1v) is 9.10. The van der Waals surface area contributed by atoms with E-state index in [0.717, 1.165) is 51.7 Å². The maximum absolute atomic E-state index is 12.9. The summed E-state index contributed by atoms with van der Waals surface area (Å²) in [5.74, 6) is 0.377. The van der Waals surface area contributed by atoms with Crippen molar-refractivity contribution in [3.8, 4) is 0 Å². The highest BCUT2D eigenvalue weighted by Gasteiger charge is 2.32. The van der Waals surface area contributed by atoms with Gasteiger partial charge in [0, 0.05) is 30.6 Å². The smallest absolute Gasteiger partial charge is 0.251 e. The first kappa shape index (κ1) is 19.7. The van der Waals surface area contributed by atoms with Crippen molar-refractivity contribution in [2.45, 2.75) is 38.1 Å². The minimum Gasteiger partial charge on any atom is -0.350 e. The van der Waals surface area contributed by atoms with E-state index in [1.807, 2.05) is 35.2 Å². The van der Waals surface area contributed by atoms with E-state index in [4.69, 9.17) is 0 Å². The average Bonchev–Trinajstić information content (AvgIpc) is 2.67. The molecular formula is C19H28ClN3O2. The van der Waals surface area contributed by atoms with Gasteiger partial charge in [-0.1, -0.05) is 18.2 Å². The van der Waals surface area contributed by atoms with Crippen molar-refractivity contribution in [3.05, 3.63) is 35.9 Å². The molecule has 2 amide bonds. The number of nitrogens with one attached hydrogen (secondary N) is 2. The van der Waals surface area contributed by atoms with E-state index < -0.39 is 0 Å².